The highest BCUT2D eigenvalue weighted by atomic mass is 19.1. The monoisotopic (exact) mass is 366 g/mol. The van der Waals surface area contributed by atoms with Crippen LogP contribution in [0.1, 0.15) is 35.7 Å². The second-order valence-electron chi connectivity index (χ2n) is 6.34. The quantitative estimate of drug-likeness (QED) is 0.384. The number of hydrogen-bond donors (Lipinski definition) is 0. The van der Waals surface area contributed by atoms with E-state index in [1.54, 1.807) is 36.4 Å². The van der Waals surface area contributed by atoms with Gasteiger partial charge in [-0.25, -0.2) is 13.6 Å². The first-order chi connectivity index (χ1) is 13.1. The summed E-state index contributed by atoms with van der Waals surface area (Å²) in [4.78, 5) is 12.3. The largest absolute Gasteiger partial charge is 0.423 e. The van der Waals surface area contributed by atoms with Crippen LogP contribution in [-0.4, -0.2) is 5.97 Å². The number of rotatable bonds is 6. The molecule has 0 aromatic heterocycles. The summed E-state index contributed by atoms with van der Waals surface area (Å²) in [5.74, 6) is -1.28. The molecule has 0 amide bonds. The van der Waals surface area contributed by atoms with Gasteiger partial charge < -0.3 is 4.74 Å². The zero-order valence-corrected chi connectivity index (χ0v) is 15.0. The second kappa shape index (κ2) is 8.58. The Labute approximate surface area is 157 Å². The number of ether oxygens (including phenoxy) is 1. The minimum Gasteiger partial charge on any atom is -0.423 e. The van der Waals surface area contributed by atoms with Crippen molar-refractivity contribution in [2.75, 3.05) is 0 Å². The van der Waals surface area contributed by atoms with Gasteiger partial charge >= 0.3 is 5.97 Å². The highest BCUT2D eigenvalue weighted by Crippen LogP contribution is 2.24. The topological polar surface area (TPSA) is 26.3 Å². The fourth-order valence-electron chi connectivity index (χ4n) is 2.78. The van der Waals surface area contributed by atoms with E-state index in [-0.39, 0.29) is 5.56 Å². The van der Waals surface area contributed by atoms with Gasteiger partial charge in [0.1, 0.15) is 17.4 Å². The number of carbonyl (C=O) groups is 1. The van der Waals surface area contributed by atoms with Crippen molar-refractivity contribution in [3.05, 3.63) is 89.5 Å². The lowest BCUT2D eigenvalue weighted by atomic mass is 10.0. The van der Waals surface area contributed by atoms with E-state index in [1.807, 2.05) is 12.1 Å². The predicted octanol–water partition coefficient (Wildman–Crippen LogP) is 6.19. The number of hydrogen-bond acceptors (Lipinski definition) is 2. The zero-order chi connectivity index (χ0) is 19.2. The second-order valence-corrected chi connectivity index (χ2v) is 6.34. The lowest BCUT2D eigenvalue weighted by Gasteiger charge is -2.07. The molecule has 2 nitrogen and oxygen atoms in total. The molecule has 0 aliphatic carbocycles. The van der Waals surface area contributed by atoms with E-state index in [4.69, 9.17) is 4.74 Å². The molecule has 0 bridgehead atoms. The van der Waals surface area contributed by atoms with E-state index >= 15 is 0 Å². The highest BCUT2D eigenvalue weighted by molar-refractivity contribution is 5.91. The Morgan fingerprint density at radius 3 is 2.26 bits per heavy atom. The van der Waals surface area contributed by atoms with Crippen LogP contribution in [0.25, 0.3) is 11.1 Å². The average molecular weight is 366 g/mol. The summed E-state index contributed by atoms with van der Waals surface area (Å²) < 4.78 is 32.3. The smallest absolute Gasteiger partial charge is 0.343 e. The highest BCUT2D eigenvalue weighted by Gasteiger charge is 2.11. The number of carbonyl (C=O) groups excluding carboxylic acids is 1. The van der Waals surface area contributed by atoms with Crippen molar-refractivity contribution in [3.8, 4) is 16.9 Å². The lowest BCUT2D eigenvalue weighted by molar-refractivity contribution is 0.0734. The van der Waals surface area contributed by atoms with Crippen LogP contribution in [0.2, 0.25) is 0 Å². The average Bonchev–Trinajstić information content (AvgIpc) is 2.67. The number of unbranched alkanes of at least 4 members (excludes halogenated alkanes) is 1. The Kier molecular flexibility index (Phi) is 5.97. The summed E-state index contributed by atoms with van der Waals surface area (Å²) >= 11 is 0. The van der Waals surface area contributed by atoms with Crippen LogP contribution in [0.15, 0.2) is 66.7 Å². The predicted molar refractivity (Wildman–Crippen MR) is 102 cm³/mol. The summed E-state index contributed by atoms with van der Waals surface area (Å²) in [5, 5.41) is 0. The summed E-state index contributed by atoms with van der Waals surface area (Å²) in [6.45, 7) is 2.14. The molecule has 0 aliphatic rings. The fraction of sp³-hybridized carbons (Fsp3) is 0.174. The SMILES string of the molecule is CCCCc1ccc(OC(=O)c2ccc(-c3ccc(F)cc3F)cc2)cc1. The first-order valence-electron chi connectivity index (χ1n) is 8.93. The van der Waals surface area contributed by atoms with Crippen LogP contribution in [0.5, 0.6) is 5.75 Å². The summed E-state index contributed by atoms with van der Waals surface area (Å²) in [7, 11) is 0. The summed E-state index contributed by atoms with van der Waals surface area (Å²) in [6, 6.07) is 17.2. The van der Waals surface area contributed by atoms with Crippen molar-refractivity contribution in [2.24, 2.45) is 0 Å². The summed E-state index contributed by atoms with van der Waals surface area (Å²) in [6.07, 6.45) is 3.26. The Bertz CT molecular complexity index is 916. The number of benzene rings is 3. The zero-order valence-electron chi connectivity index (χ0n) is 15.0. The normalized spacial score (nSPS) is 10.6. The van der Waals surface area contributed by atoms with E-state index in [0.717, 1.165) is 25.3 Å². The molecule has 0 atom stereocenters. The molecule has 3 rings (SSSR count). The first kappa shape index (κ1) is 18.8. The molecule has 0 aliphatic heterocycles. The fourth-order valence-corrected chi connectivity index (χ4v) is 2.78. The molecule has 0 saturated heterocycles. The van der Waals surface area contributed by atoms with Gasteiger partial charge in [-0.15, -0.1) is 0 Å². The van der Waals surface area contributed by atoms with Crippen LogP contribution in [0.4, 0.5) is 8.78 Å². The van der Waals surface area contributed by atoms with E-state index < -0.39 is 17.6 Å². The minimum atomic E-state index is -0.645. The molecule has 3 aromatic rings. The van der Waals surface area contributed by atoms with Crippen molar-refractivity contribution >= 4 is 5.97 Å². The van der Waals surface area contributed by atoms with E-state index in [9.17, 15) is 13.6 Å². The van der Waals surface area contributed by atoms with Crippen molar-refractivity contribution in [1.82, 2.24) is 0 Å². The standard InChI is InChI=1S/C23H20F2O2/c1-2-3-4-16-5-12-20(13-6-16)27-23(26)18-9-7-17(8-10-18)21-14-11-19(24)15-22(21)25/h5-15H,2-4H2,1H3. The molecular formula is C23H20F2O2. The summed E-state index contributed by atoms with van der Waals surface area (Å²) in [5.41, 5.74) is 2.40. The molecular weight excluding hydrogens is 346 g/mol. The van der Waals surface area contributed by atoms with Gasteiger partial charge in [-0.1, -0.05) is 37.6 Å². The van der Waals surface area contributed by atoms with Crippen LogP contribution < -0.4 is 4.74 Å². The Morgan fingerprint density at radius 2 is 1.63 bits per heavy atom. The molecule has 0 saturated carbocycles. The first-order valence-corrected chi connectivity index (χ1v) is 8.93. The van der Waals surface area contributed by atoms with Gasteiger partial charge in [0.2, 0.25) is 0 Å². The number of esters is 1. The minimum absolute atomic E-state index is 0.277. The molecule has 0 spiro atoms. The molecule has 138 valence electrons. The van der Waals surface area contributed by atoms with E-state index in [1.165, 1.54) is 17.7 Å². The van der Waals surface area contributed by atoms with Crippen molar-refractivity contribution < 1.29 is 18.3 Å². The molecule has 0 heterocycles. The van der Waals surface area contributed by atoms with Gasteiger partial charge in [-0.2, -0.15) is 0 Å². The van der Waals surface area contributed by atoms with Crippen molar-refractivity contribution in [2.45, 2.75) is 26.2 Å². The van der Waals surface area contributed by atoms with Crippen LogP contribution >= 0.6 is 0 Å². The van der Waals surface area contributed by atoms with Gasteiger partial charge in [0.05, 0.1) is 5.56 Å². The van der Waals surface area contributed by atoms with E-state index in [0.29, 0.717) is 16.9 Å². The third kappa shape index (κ3) is 4.79. The maximum Gasteiger partial charge on any atom is 0.343 e. The Balaban J connectivity index is 1.68. The Hall–Kier alpha value is -3.01. The number of halogens is 2. The van der Waals surface area contributed by atoms with Gasteiger partial charge in [0.15, 0.2) is 0 Å². The maximum atomic E-state index is 13.9. The molecule has 27 heavy (non-hydrogen) atoms. The van der Waals surface area contributed by atoms with Crippen molar-refractivity contribution in [1.29, 1.82) is 0 Å². The van der Waals surface area contributed by atoms with Crippen molar-refractivity contribution in [3.63, 3.8) is 0 Å². The van der Waals surface area contributed by atoms with Crippen LogP contribution in [0, 0.1) is 11.6 Å². The van der Waals surface area contributed by atoms with E-state index in [2.05, 4.69) is 6.92 Å². The maximum absolute atomic E-state index is 13.9. The Morgan fingerprint density at radius 1 is 0.926 bits per heavy atom. The third-order valence-corrected chi connectivity index (χ3v) is 4.32. The molecule has 0 fully saturated rings. The van der Waals surface area contributed by atoms with Gasteiger partial charge in [0, 0.05) is 11.6 Å². The van der Waals surface area contributed by atoms with Gasteiger partial charge in [0.25, 0.3) is 0 Å². The van der Waals surface area contributed by atoms with Crippen LogP contribution in [-0.2, 0) is 6.42 Å². The van der Waals surface area contributed by atoms with Crippen LogP contribution in [0.3, 0.4) is 0 Å². The number of aryl methyl sites for hydroxylation is 1. The molecule has 4 heteroatoms. The molecule has 3 aromatic carbocycles. The molecule has 0 N–H and O–H groups in total. The third-order valence-electron chi connectivity index (χ3n) is 4.32. The molecule has 0 radical (unpaired) electrons. The lowest BCUT2D eigenvalue weighted by Crippen LogP contribution is -2.08. The van der Waals surface area contributed by atoms with Gasteiger partial charge in [-0.05, 0) is 60.4 Å². The van der Waals surface area contributed by atoms with Gasteiger partial charge in [-0.3, -0.25) is 0 Å². The molecule has 0 unspecified atom stereocenters.